The van der Waals surface area contributed by atoms with E-state index in [0.29, 0.717) is 12.4 Å². The molecule has 1 aromatic heterocycles. The Hall–Kier alpha value is -2.60. The molecule has 5 nitrogen and oxygen atoms in total. The van der Waals surface area contributed by atoms with Gasteiger partial charge in [-0.15, -0.1) is 0 Å². The fourth-order valence-electron chi connectivity index (χ4n) is 2.71. The maximum Gasteiger partial charge on any atom is 0.263 e. The number of benzene rings is 2. The second-order valence-corrected chi connectivity index (χ2v) is 8.07. The van der Waals surface area contributed by atoms with Crippen LogP contribution in [0.1, 0.15) is 30.0 Å². The zero-order valence-corrected chi connectivity index (χ0v) is 15.8. The third-order valence-corrected chi connectivity index (χ3v) is 5.49. The Morgan fingerprint density at radius 2 is 1.62 bits per heavy atom. The van der Waals surface area contributed by atoms with Crippen molar-refractivity contribution < 1.29 is 8.42 Å². The molecule has 0 saturated carbocycles. The van der Waals surface area contributed by atoms with E-state index in [1.165, 1.54) is 5.56 Å². The molecule has 2 aromatic carbocycles. The molecule has 0 amide bonds. The van der Waals surface area contributed by atoms with Crippen LogP contribution >= 0.6 is 0 Å². The Morgan fingerprint density at radius 3 is 2.27 bits per heavy atom. The first-order valence-electron chi connectivity index (χ1n) is 8.67. The highest BCUT2D eigenvalue weighted by Crippen LogP contribution is 2.16. The van der Waals surface area contributed by atoms with Crippen LogP contribution in [0, 0.1) is 6.92 Å². The van der Waals surface area contributed by atoms with Crippen LogP contribution in [0.25, 0.3) is 0 Å². The van der Waals surface area contributed by atoms with Crippen LogP contribution in [-0.4, -0.2) is 18.2 Å². The number of hydrogen-bond donors (Lipinski definition) is 1. The van der Waals surface area contributed by atoms with Crippen LogP contribution in [0.3, 0.4) is 0 Å². The molecule has 0 saturated heterocycles. The Balaban J connectivity index is 1.70. The van der Waals surface area contributed by atoms with Gasteiger partial charge in [0.1, 0.15) is 0 Å². The lowest BCUT2D eigenvalue weighted by molar-refractivity contribution is 0.600. The zero-order valence-electron chi connectivity index (χ0n) is 15.0. The second kappa shape index (κ2) is 7.74. The molecule has 0 radical (unpaired) electrons. The molecule has 0 bridgehead atoms. The quantitative estimate of drug-likeness (QED) is 0.685. The highest BCUT2D eigenvalue weighted by atomic mass is 32.2. The molecule has 3 aromatic rings. The van der Waals surface area contributed by atoms with Crippen LogP contribution < -0.4 is 4.72 Å². The van der Waals surface area contributed by atoms with E-state index in [0.717, 1.165) is 24.0 Å². The zero-order chi connectivity index (χ0) is 18.6. The van der Waals surface area contributed by atoms with E-state index in [9.17, 15) is 8.42 Å². The maximum absolute atomic E-state index is 12.5. The molecule has 0 aliphatic carbocycles. The molecular formula is C20H23N3O2S. The molecule has 1 N–H and O–H groups in total. The summed E-state index contributed by atoms with van der Waals surface area (Å²) in [5.41, 5.74) is 3.45. The van der Waals surface area contributed by atoms with Crippen LogP contribution in [-0.2, 0) is 23.0 Å². The van der Waals surface area contributed by atoms with Crippen molar-refractivity contribution >= 4 is 15.8 Å². The average molecular weight is 369 g/mol. The summed E-state index contributed by atoms with van der Waals surface area (Å²) in [6.45, 7) is 4.73. The fourth-order valence-corrected chi connectivity index (χ4v) is 3.70. The monoisotopic (exact) mass is 369 g/mol. The second-order valence-electron chi connectivity index (χ2n) is 6.38. The Morgan fingerprint density at radius 1 is 0.962 bits per heavy atom. The normalized spacial score (nSPS) is 11.5. The van der Waals surface area contributed by atoms with Crippen LogP contribution in [0.4, 0.5) is 5.82 Å². The van der Waals surface area contributed by atoms with E-state index < -0.39 is 10.0 Å². The minimum Gasteiger partial charge on any atom is -0.266 e. The number of aryl methyl sites for hydroxylation is 2. The Kier molecular flexibility index (Phi) is 5.42. The lowest BCUT2D eigenvalue weighted by Crippen LogP contribution is -2.14. The van der Waals surface area contributed by atoms with Gasteiger partial charge >= 0.3 is 0 Å². The number of rotatable bonds is 7. The van der Waals surface area contributed by atoms with Crippen molar-refractivity contribution in [3.63, 3.8) is 0 Å². The van der Waals surface area contributed by atoms with Gasteiger partial charge in [-0.1, -0.05) is 55.3 Å². The SMILES string of the molecule is CCCc1ccc(S(=O)(=O)Nc2ccn(Cc3ccc(C)cc3)n2)cc1. The summed E-state index contributed by atoms with van der Waals surface area (Å²) in [5, 5.41) is 4.31. The molecule has 0 spiro atoms. The number of hydrogen-bond acceptors (Lipinski definition) is 3. The molecule has 136 valence electrons. The van der Waals surface area contributed by atoms with Gasteiger partial charge in [0.25, 0.3) is 10.0 Å². The lowest BCUT2D eigenvalue weighted by atomic mass is 10.1. The standard InChI is InChI=1S/C20H23N3O2S/c1-3-4-17-9-11-19(12-10-17)26(24,25)22-20-13-14-23(21-20)15-18-7-5-16(2)6-8-18/h5-14H,3-4,15H2,1-2H3,(H,21,22). The molecule has 0 unspecified atom stereocenters. The van der Waals surface area contributed by atoms with Crippen molar-refractivity contribution in [1.29, 1.82) is 0 Å². The Labute approximate surface area is 154 Å². The van der Waals surface area contributed by atoms with Gasteiger partial charge in [-0.2, -0.15) is 5.10 Å². The highest BCUT2D eigenvalue weighted by Gasteiger charge is 2.15. The molecule has 6 heteroatoms. The Bertz CT molecular complexity index is 959. The van der Waals surface area contributed by atoms with Crippen molar-refractivity contribution in [2.24, 2.45) is 0 Å². The average Bonchev–Trinajstić information content (AvgIpc) is 3.04. The minimum atomic E-state index is -3.64. The van der Waals surface area contributed by atoms with Gasteiger partial charge < -0.3 is 0 Å². The first-order chi connectivity index (χ1) is 12.5. The predicted octanol–water partition coefficient (Wildman–Crippen LogP) is 3.99. The van der Waals surface area contributed by atoms with Gasteiger partial charge in [-0.05, 0) is 36.6 Å². The molecular weight excluding hydrogens is 346 g/mol. The van der Waals surface area contributed by atoms with Gasteiger partial charge in [0, 0.05) is 12.3 Å². The van der Waals surface area contributed by atoms with Crippen molar-refractivity contribution in [3.8, 4) is 0 Å². The summed E-state index contributed by atoms with van der Waals surface area (Å²) in [4.78, 5) is 0.241. The van der Waals surface area contributed by atoms with E-state index in [4.69, 9.17) is 0 Å². The lowest BCUT2D eigenvalue weighted by Gasteiger charge is -2.07. The summed E-state index contributed by atoms with van der Waals surface area (Å²) in [7, 11) is -3.64. The minimum absolute atomic E-state index is 0.241. The van der Waals surface area contributed by atoms with Gasteiger partial charge in [0.15, 0.2) is 5.82 Å². The van der Waals surface area contributed by atoms with Gasteiger partial charge in [-0.3, -0.25) is 9.40 Å². The number of anilines is 1. The van der Waals surface area contributed by atoms with E-state index in [2.05, 4.69) is 16.7 Å². The highest BCUT2D eigenvalue weighted by molar-refractivity contribution is 7.92. The molecule has 0 atom stereocenters. The van der Waals surface area contributed by atoms with Gasteiger partial charge in [0.2, 0.25) is 0 Å². The number of sulfonamides is 1. The van der Waals surface area contributed by atoms with Gasteiger partial charge in [0.05, 0.1) is 11.4 Å². The molecule has 0 aliphatic heterocycles. The summed E-state index contributed by atoms with van der Waals surface area (Å²) < 4.78 is 29.3. The summed E-state index contributed by atoms with van der Waals surface area (Å²) in [6.07, 6.45) is 3.74. The third kappa shape index (κ3) is 4.52. The third-order valence-electron chi connectivity index (χ3n) is 4.12. The molecule has 1 heterocycles. The first kappa shape index (κ1) is 18.2. The summed E-state index contributed by atoms with van der Waals surface area (Å²) in [5.74, 6) is 0.315. The largest absolute Gasteiger partial charge is 0.266 e. The number of nitrogens with zero attached hydrogens (tertiary/aromatic N) is 2. The topological polar surface area (TPSA) is 64.0 Å². The van der Waals surface area contributed by atoms with Crippen molar-refractivity contribution in [1.82, 2.24) is 9.78 Å². The maximum atomic E-state index is 12.5. The van der Waals surface area contributed by atoms with E-state index in [1.807, 2.05) is 43.3 Å². The van der Waals surface area contributed by atoms with Crippen molar-refractivity contribution in [2.75, 3.05) is 4.72 Å². The summed E-state index contributed by atoms with van der Waals surface area (Å²) >= 11 is 0. The van der Waals surface area contributed by atoms with Crippen molar-refractivity contribution in [3.05, 3.63) is 77.5 Å². The molecule has 3 rings (SSSR count). The first-order valence-corrected chi connectivity index (χ1v) is 10.2. The fraction of sp³-hybridized carbons (Fsp3) is 0.250. The molecule has 26 heavy (non-hydrogen) atoms. The number of aromatic nitrogens is 2. The van der Waals surface area contributed by atoms with Crippen LogP contribution in [0.5, 0.6) is 0 Å². The van der Waals surface area contributed by atoms with E-state index in [-0.39, 0.29) is 4.90 Å². The summed E-state index contributed by atoms with van der Waals surface area (Å²) in [6, 6.07) is 16.8. The van der Waals surface area contributed by atoms with Gasteiger partial charge in [-0.25, -0.2) is 8.42 Å². The van der Waals surface area contributed by atoms with Crippen molar-refractivity contribution in [2.45, 2.75) is 38.1 Å². The van der Waals surface area contributed by atoms with E-state index >= 15 is 0 Å². The van der Waals surface area contributed by atoms with Crippen LogP contribution in [0.15, 0.2) is 65.7 Å². The molecule has 0 fully saturated rings. The predicted molar refractivity (Wildman–Crippen MR) is 104 cm³/mol. The molecule has 0 aliphatic rings. The number of nitrogens with one attached hydrogen (secondary N) is 1. The van der Waals surface area contributed by atoms with Crippen LogP contribution in [0.2, 0.25) is 0 Å². The van der Waals surface area contributed by atoms with E-state index in [1.54, 1.807) is 29.1 Å². The smallest absolute Gasteiger partial charge is 0.263 e.